The Balaban J connectivity index is -0.00000000167. The van der Waals surface area contributed by atoms with Crippen LogP contribution in [-0.2, 0) is 44.2 Å². The van der Waals surface area contributed by atoms with Crippen LogP contribution in [0.15, 0.2) is 0 Å². The molecule has 0 saturated heterocycles. The van der Waals surface area contributed by atoms with E-state index in [4.69, 9.17) is 3.40 Å². The van der Waals surface area contributed by atoms with E-state index in [0.717, 1.165) is 0 Å². The molecule has 0 saturated carbocycles. The van der Waals surface area contributed by atoms with E-state index in [-0.39, 0.29) is 41.4 Å². The van der Waals surface area contributed by atoms with Crippen LogP contribution in [0, 0.1) is 0 Å². The van der Waals surface area contributed by atoms with Crippen LogP contribution >= 0.6 is 0 Å². The maximum atomic E-state index is 8.33. The Hall–Kier alpha value is 1.77. The van der Waals surface area contributed by atoms with Crippen molar-refractivity contribution >= 4 is 0 Å². The van der Waals surface area contributed by atoms with Crippen molar-refractivity contribution in [1.29, 1.82) is 0 Å². The van der Waals surface area contributed by atoms with E-state index in [2.05, 4.69) is 0 Å². The summed E-state index contributed by atoms with van der Waals surface area (Å²) < 4.78 is 8.33. The molecule has 4 heavy (non-hydrogen) atoms. The zero-order chi connectivity index (χ0) is 2.00. The number of hydrogen-bond donors (Lipinski definition) is 0. The van der Waals surface area contributed by atoms with Gasteiger partial charge in [-0.15, -0.1) is 0 Å². The van der Waals surface area contributed by atoms with Crippen LogP contribution < -0.4 is 18.9 Å². The van der Waals surface area contributed by atoms with Gasteiger partial charge < -0.3 is 1.43 Å². The van der Waals surface area contributed by atoms with Gasteiger partial charge in [0, 0.05) is 21.1 Å². The summed E-state index contributed by atoms with van der Waals surface area (Å²) in [7, 11) is 0. The summed E-state index contributed by atoms with van der Waals surface area (Å²) in [6, 6.07) is 0. The third-order valence-corrected chi connectivity index (χ3v) is 0. The van der Waals surface area contributed by atoms with E-state index < -0.39 is 0 Å². The molecule has 20 valence electrons. The molecule has 0 aliphatic carbocycles. The fourth-order valence-electron chi connectivity index (χ4n) is 0. The fourth-order valence-corrected chi connectivity index (χ4v) is 0. The molecule has 0 unspecified atom stereocenters. The van der Waals surface area contributed by atoms with Gasteiger partial charge in [-0.25, -0.2) is 0 Å². The molecule has 0 aliphatic heterocycles. The Morgan fingerprint density at radius 1 is 1.50 bits per heavy atom. The number of rotatable bonds is 0. The quantitative estimate of drug-likeness (QED) is 0.436. The van der Waals surface area contributed by atoms with Crippen LogP contribution in [0.1, 0.15) is 1.43 Å². The average molecular weight is 304 g/mol. The molecule has 0 atom stereocenters. The second-order valence-electron chi connectivity index (χ2n) is 0. The van der Waals surface area contributed by atoms with Gasteiger partial charge in [0.25, 0.3) is 0 Å². The van der Waals surface area contributed by atoms with Gasteiger partial charge in [0.05, 0.1) is 0 Å². The van der Waals surface area contributed by atoms with Gasteiger partial charge in [-0.2, -0.15) is 0 Å². The molecule has 0 aliphatic rings. The Kier molecular flexibility index (Phi) is 92.4. The molecular formula is HLiMoOW. The molecule has 0 amide bonds. The molecule has 0 radical (unpaired) electrons. The van der Waals surface area contributed by atoms with Gasteiger partial charge in [-0.05, 0) is 0 Å². The van der Waals surface area contributed by atoms with Crippen molar-refractivity contribution in [3.63, 3.8) is 0 Å². The predicted molar refractivity (Wildman–Crippen MR) is 1.80 cm³/mol. The first-order chi connectivity index (χ1) is 1.00. The van der Waals surface area contributed by atoms with Crippen LogP contribution in [0.25, 0.3) is 0 Å². The van der Waals surface area contributed by atoms with Gasteiger partial charge in [0.15, 0.2) is 0 Å². The van der Waals surface area contributed by atoms with E-state index in [0.29, 0.717) is 19.8 Å². The second-order valence-corrected chi connectivity index (χ2v) is 0. The van der Waals surface area contributed by atoms with Crippen LogP contribution in [0.4, 0.5) is 0 Å². The summed E-state index contributed by atoms with van der Waals surface area (Å²) in [6.45, 7) is 0. The topological polar surface area (TPSA) is 17.1 Å². The van der Waals surface area contributed by atoms with E-state index in [9.17, 15) is 0 Å². The Bertz CT molecular complexity index is 11.6. The van der Waals surface area contributed by atoms with Crippen molar-refractivity contribution in [2.24, 2.45) is 0 Å². The molecule has 0 rings (SSSR count). The van der Waals surface area contributed by atoms with Gasteiger partial charge in [-0.3, -0.25) is 0 Å². The fraction of sp³-hybridized carbons (Fsp3) is 0. The average Bonchev–Trinajstić information content (AvgIpc) is 1.00. The Labute approximate surface area is 64.0 Å². The van der Waals surface area contributed by atoms with E-state index in [1.165, 1.54) is 0 Å². The first-order valence-corrected chi connectivity index (χ1v) is 1.36. The van der Waals surface area contributed by atoms with Crippen molar-refractivity contribution in [2.75, 3.05) is 0 Å². The van der Waals surface area contributed by atoms with Gasteiger partial charge in [0.1, 0.15) is 0 Å². The SMILES string of the molecule is [H-].[Li+].[Mo].[O]=[W]. The van der Waals surface area contributed by atoms with E-state index in [1.807, 2.05) is 0 Å². The molecule has 0 bridgehead atoms. The van der Waals surface area contributed by atoms with Gasteiger partial charge in [-0.1, -0.05) is 0 Å². The molecule has 0 aromatic rings. The minimum absolute atomic E-state index is 0. The second kappa shape index (κ2) is 21.6. The summed E-state index contributed by atoms with van der Waals surface area (Å²) in [4.78, 5) is 0. The molecule has 0 N–H and O–H groups in total. The predicted octanol–water partition coefficient (Wildman–Crippen LogP) is -3.01. The third-order valence-electron chi connectivity index (χ3n) is 0. The van der Waals surface area contributed by atoms with Crippen LogP contribution in [0.2, 0.25) is 0 Å². The van der Waals surface area contributed by atoms with Crippen LogP contribution in [0.5, 0.6) is 0 Å². The van der Waals surface area contributed by atoms with E-state index in [1.54, 1.807) is 0 Å². The van der Waals surface area contributed by atoms with Crippen molar-refractivity contribution in [3.05, 3.63) is 0 Å². The summed E-state index contributed by atoms with van der Waals surface area (Å²) in [6.07, 6.45) is 0. The van der Waals surface area contributed by atoms with E-state index >= 15 is 0 Å². The Morgan fingerprint density at radius 3 is 1.50 bits per heavy atom. The first-order valence-electron chi connectivity index (χ1n) is 0.167. The van der Waals surface area contributed by atoms with Gasteiger partial charge >= 0.3 is 42.0 Å². The van der Waals surface area contributed by atoms with Crippen LogP contribution in [0.3, 0.4) is 0 Å². The van der Waals surface area contributed by atoms with Crippen molar-refractivity contribution in [1.82, 2.24) is 0 Å². The summed E-state index contributed by atoms with van der Waals surface area (Å²) in [5, 5.41) is 0. The zero-order valence-electron chi connectivity index (χ0n) is 3.22. The molecule has 4 heteroatoms. The molecule has 0 aromatic carbocycles. The third kappa shape index (κ3) is 9.23. The maximum absolute atomic E-state index is 8.33. The summed E-state index contributed by atoms with van der Waals surface area (Å²) >= 11 is 0.333. The normalized spacial score (nSPS) is 1.00. The summed E-state index contributed by atoms with van der Waals surface area (Å²) in [5.41, 5.74) is 0. The molecule has 0 spiro atoms. The molecule has 0 heterocycles. The minimum atomic E-state index is 0. The zero-order valence-corrected chi connectivity index (χ0v) is 7.17. The first kappa shape index (κ1) is 17.1. The standard InChI is InChI=1S/Li.Mo.O.W.H/q+1;;;;-1. The van der Waals surface area contributed by atoms with Crippen molar-refractivity contribution in [2.45, 2.75) is 0 Å². The molecule has 1 nitrogen and oxygen atoms in total. The molecule has 0 aromatic heterocycles. The molecular weight excluding hydrogens is 303 g/mol. The number of hydrogen-bond acceptors (Lipinski definition) is 1. The van der Waals surface area contributed by atoms with Gasteiger partial charge in [0.2, 0.25) is 0 Å². The Morgan fingerprint density at radius 2 is 1.50 bits per heavy atom. The summed E-state index contributed by atoms with van der Waals surface area (Å²) in [5.74, 6) is 0. The monoisotopic (exact) mass is 306 g/mol. The molecule has 0 fully saturated rings. The van der Waals surface area contributed by atoms with Crippen molar-refractivity contribution in [3.8, 4) is 0 Å². The van der Waals surface area contributed by atoms with Crippen LogP contribution in [-0.4, -0.2) is 0 Å². The van der Waals surface area contributed by atoms with Crippen molar-refractivity contribution < 1.29 is 64.5 Å².